The monoisotopic (exact) mass is 473 g/mol. The topological polar surface area (TPSA) is 75.6 Å². The zero-order valence-corrected chi connectivity index (χ0v) is 19.0. The molecule has 1 aliphatic rings. The van der Waals surface area contributed by atoms with E-state index in [0.29, 0.717) is 29.8 Å². The third-order valence-electron chi connectivity index (χ3n) is 5.56. The van der Waals surface area contributed by atoms with Crippen molar-refractivity contribution in [1.29, 1.82) is 0 Å². The molecule has 0 radical (unpaired) electrons. The average Bonchev–Trinajstić information content (AvgIpc) is 3.08. The number of unbranched alkanes of at least 4 members (excludes halogenated alkanes) is 1. The minimum absolute atomic E-state index is 0.0714. The third-order valence-corrected chi connectivity index (χ3v) is 6.02. The van der Waals surface area contributed by atoms with E-state index in [1.807, 2.05) is 24.3 Å². The molecule has 0 bridgehead atoms. The number of nitrogens with one attached hydrogen (secondary N) is 1. The van der Waals surface area contributed by atoms with Crippen molar-refractivity contribution in [3.05, 3.63) is 64.7 Å². The van der Waals surface area contributed by atoms with Crippen LogP contribution in [-0.2, 0) is 22.4 Å². The maximum atomic E-state index is 13.1. The van der Waals surface area contributed by atoms with E-state index in [2.05, 4.69) is 28.2 Å². The van der Waals surface area contributed by atoms with Crippen LogP contribution in [0.5, 0.6) is 5.75 Å². The predicted molar refractivity (Wildman–Crippen MR) is 120 cm³/mol. The smallest absolute Gasteiger partial charge is 0.332 e. The van der Waals surface area contributed by atoms with Crippen LogP contribution in [0.25, 0.3) is 0 Å². The molecule has 2 aromatic carbocycles. The molecule has 0 spiro atoms. The molecule has 0 saturated carbocycles. The molecule has 30 heavy (non-hydrogen) atoms. The summed E-state index contributed by atoms with van der Waals surface area (Å²) in [6.07, 6.45) is 3.49. The van der Waals surface area contributed by atoms with E-state index in [9.17, 15) is 14.7 Å². The Morgan fingerprint density at radius 1 is 1.13 bits per heavy atom. The number of hydrogen-bond donors (Lipinski definition) is 2. The summed E-state index contributed by atoms with van der Waals surface area (Å²) in [5, 5.41) is 13.2. The normalized spacial score (nSPS) is 15.3. The van der Waals surface area contributed by atoms with Gasteiger partial charge in [-0.15, -0.1) is 0 Å². The molecule has 0 heterocycles. The summed E-state index contributed by atoms with van der Waals surface area (Å²) in [4.78, 5) is 26.6. The van der Waals surface area contributed by atoms with Crippen molar-refractivity contribution in [2.24, 2.45) is 0 Å². The van der Waals surface area contributed by atoms with E-state index in [-0.39, 0.29) is 11.3 Å². The van der Waals surface area contributed by atoms with Crippen molar-refractivity contribution in [3.63, 3.8) is 0 Å². The summed E-state index contributed by atoms with van der Waals surface area (Å²) in [7, 11) is 0. The number of esters is 1. The number of ether oxygens (including phenoxy) is 1. The number of halogens is 1. The van der Waals surface area contributed by atoms with Crippen molar-refractivity contribution in [1.82, 2.24) is 5.32 Å². The van der Waals surface area contributed by atoms with Crippen LogP contribution in [0.2, 0.25) is 0 Å². The molecule has 0 aliphatic heterocycles. The van der Waals surface area contributed by atoms with Crippen LogP contribution in [0.15, 0.2) is 42.5 Å². The van der Waals surface area contributed by atoms with E-state index in [4.69, 9.17) is 4.74 Å². The molecule has 0 aromatic heterocycles. The predicted octanol–water partition coefficient (Wildman–Crippen LogP) is 4.46. The van der Waals surface area contributed by atoms with Crippen LogP contribution in [0.3, 0.4) is 0 Å². The molecular formula is C24H28BrNO4. The number of carbonyl (C=O) groups is 2. The van der Waals surface area contributed by atoms with E-state index < -0.39 is 17.4 Å². The summed E-state index contributed by atoms with van der Waals surface area (Å²) in [5.41, 5.74) is 1.65. The number of rotatable bonds is 8. The van der Waals surface area contributed by atoms with Gasteiger partial charge in [0.1, 0.15) is 11.3 Å². The van der Waals surface area contributed by atoms with Gasteiger partial charge in [-0.05, 0) is 48.9 Å². The molecule has 2 N–H and O–H groups in total. The number of alkyl halides is 1. The second-order valence-corrected chi connectivity index (χ2v) is 9.61. The van der Waals surface area contributed by atoms with Gasteiger partial charge in [-0.3, -0.25) is 4.79 Å². The van der Waals surface area contributed by atoms with Crippen molar-refractivity contribution in [2.45, 2.75) is 56.3 Å². The molecular weight excluding hydrogens is 446 g/mol. The number of phenols is 1. The van der Waals surface area contributed by atoms with Crippen molar-refractivity contribution >= 4 is 27.8 Å². The lowest BCUT2D eigenvalue weighted by molar-refractivity contribution is -0.151. The van der Waals surface area contributed by atoms with Crippen molar-refractivity contribution < 1.29 is 19.4 Å². The van der Waals surface area contributed by atoms with E-state index in [0.717, 1.165) is 30.4 Å². The molecule has 3 rings (SSSR count). The Morgan fingerprint density at radius 3 is 2.43 bits per heavy atom. The van der Waals surface area contributed by atoms with Crippen LogP contribution in [0, 0.1) is 6.92 Å². The molecule has 0 fully saturated rings. The second kappa shape index (κ2) is 9.65. The van der Waals surface area contributed by atoms with Gasteiger partial charge >= 0.3 is 5.97 Å². The highest BCUT2D eigenvalue weighted by atomic mass is 79.9. The number of aryl methyl sites for hydroxylation is 1. The Bertz CT molecular complexity index is 900. The highest BCUT2D eigenvalue weighted by Crippen LogP contribution is 2.32. The molecule has 1 aliphatic carbocycles. The Labute approximate surface area is 186 Å². The van der Waals surface area contributed by atoms with Gasteiger partial charge in [0.05, 0.1) is 12.2 Å². The summed E-state index contributed by atoms with van der Waals surface area (Å²) in [5.74, 6) is -0.974. The minimum Gasteiger partial charge on any atom is -0.507 e. The number of fused-ring (bicyclic) bond motifs is 1. The van der Waals surface area contributed by atoms with E-state index in [1.54, 1.807) is 25.1 Å². The lowest BCUT2D eigenvalue weighted by Gasteiger charge is -2.28. The van der Waals surface area contributed by atoms with Crippen LogP contribution in [0.1, 0.15) is 53.2 Å². The van der Waals surface area contributed by atoms with Crippen molar-refractivity contribution in [2.75, 3.05) is 6.61 Å². The van der Waals surface area contributed by atoms with E-state index >= 15 is 0 Å². The summed E-state index contributed by atoms with van der Waals surface area (Å²) >= 11 is 3.52. The fourth-order valence-electron chi connectivity index (χ4n) is 3.86. The first-order chi connectivity index (χ1) is 14.3. The van der Waals surface area contributed by atoms with Gasteiger partial charge in [-0.2, -0.15) is 0 Å². The maximum absolute atomic E-state index is 13.1. The number of phenolic OH excluding ortho intramolecular Hbond substituents is 1. The Balaban J connectivity index is 1.77. The third kappa shape index (κ3) is 5.04. The number of hydrogen-bond acceptors (Lipinski definition) is 4. The Kier molecular flexibility index (Phi) is 7.19. The standard InChI is InChI=1S/C24H28BrNO4/c1-16-8-7-12-20(21(16)27)22(28)26-24(14-18-10-3-4-11-19(18)15-24)23(29)30-13-6-5-9-17(2)25/h3-4,7-8,10-12,17,27H,5-6,9,13-15H2,1-2H3,(H,26,28). The van der Waals surface area contributed by atoms with Gasteiger partial charge in [0.15, 0.2) is 0 Å². The van der Waals surface area contributed by atoms with Crippen LogP contribution in [-0.4, -0.2) is 34.0 Å². The lowest BCUT2D eigenvalue weighted by Crippen LogP contribution is -2.56. The first kappa shape index (κ1) is 22.3. The Morgan fingerprint density at radius 2 is 1.80 bits per heavy atom. The molecule has 5 nitrogen and oxygen atoms in total. The van der Waals surface area contributed by atoms with Gasteiger partial charge in [-0.25, -0.2) is 4.79 Å². The molecule has 160 valence electrons. The first-order valence-corrected chi connectivity index (χ1v) is 11.2. The fourth-order valence-corrected chi connectivity index (χ4v) is 4.18. The van der Waals surface area contributed by atoms with Gasteiger partial charge in [-0.1, -0.05) is 59.3 Å². The van der Waals surface area contributed by atoms with Crippen LogP contribution < -0.4 is 5.32 Å². The molecule has 1 unspecified atom stereocenters. The SMILES string of the molecule is Cc1cccc(C(=O)NC2(C(=O)OCCCCC(C)Br)Cc3ccccc3C2)c1O. The fraction of sp³-hybridized carbons (Fsp3) is 0.417. The first-order valence-electron chi connectivity index (χ1n) is 10.3. The molecule has 2 aromatic rings. The minimum atomic E-state index is -1.17. The molecule has 1 atom stereocenters. The van der Waals surface area contributed by atoms with Gasteiger partial charge < -0.3 is 15.2 Å². The van der Waals surface area contributed by atoms with Gasteiger partial charge in [0.25, 0.3) is 5.91 Å². The zero-order chi connectivity index (χ0) is 21.7. The van der Waals surface area contributed by atoms with E-state index in [1.165, 1.54) is 0 Å². The molecule has 1 amide bonds. The summed E-state index contributed by atoms with van der Waals surface area (Å²) in [6.45, 7) is 4.14. The number of aromatic hydroxyl groups is 1. The van der Waals surface area contributed by atoms with Crippen LogP contribution >= 0.6 is 15.9 Å². The van der Waals surface area contributed by atoms with Gasteiger partial charge in [0.2, 0.25) is 0 Å². The van der Waals surface area contributed by atoms with Crippen molar-refractivity contribution in [3.8, 4) is 5.75 Å². The number of carbonyl (C=O) groups excluding carboxylic acids is 2. The highest BCUT2D eigenvalue weighted by Gasteiger charge is 2.46. The van der Waals surface area contributed by atoms with Gasteiger partial charge in [0, 0.05) is 17.7 Å². The number of amides is 1. The maximum Gasteiger partial charge on any atom is 0.332 e. The largest absolute Gasteiger partial charge is 0.507 e. The Hall–Kier alpha value is -2.34. The molecule has 0 saturated heterocycles. The highest BCUT2D eigenvalue weighted by molar-refractivity contribution is 9.09. The summed E-state index contributed by atoms with van der Waals surface area (Å²) < 4.78 is 5.60. The zero-order valence-electron chi connectivity index (χ0n) is 17.4. The second-order valence-electron chi connectivity index (χ2n) is 8.04. The quantitative estimate of drug-likeness (QED) is 0.337. The number of benzene rings is 2. The van der Waals surface area contributed by atoms with Crippen LogP contribution in [0.4, 0.5) is 0 Å². The summed E-state index contributed by atoms with van der Waals surface area (Å²) in [6, 6.07) is 12.8. The number of para-hydroxylation sites is 1. The average molecular weight is 474 g/mol. The lowest BCUT2D eigenvalue weighted by atomic mass is 9.94. The molecule has 6 heteroatoms.